The van der Waals surface area contributed by atoms with Gasteiger partial charge in [0.1, 0.15) is 5.41 Å². The lowest BCUT2D eigenvalue weighted by atomic mass is 9.64. The van der Waals surface area contributed by atoms with Crippen LogP contribution in [0.5, 0.6) is 0 Å². The Morgan fingerprint density at radius 3 is 2.51 bits per heavy atom. The smallest absolute Gasteiger partial charge is 0.238 e. The fraction of sp³-hybridized carbons (Fsp3) is 0.179. The van der Waals surface area contributed by atoms with E-state index in [-0.39, 0.29) is 22.5 Å². The fourth-order valence-corrected chi connectivity index (χ4v) is 6.54. The summed E-state index contributed by atoms with van der Waals surface area (Å²) in [4.78, 5) is 43.6. The van der Waals surface area contributed by atoms with Crippen molar-refractivity contribution in [3.63, 3.8) is 0 Å². The first-order chi connectivity index (χ1) is 16.9. The number of carbonyl (C=O) groups is 3. The van der Waals surface area contributed by atoms with Crippen molar-refractivity contribution < 1.29 is 14.4 Å². The van der Waals surface area contributed by atoms with Gasteiger partial charge in [0.25, 0.3) is 0 Å². The number of Topliss-reactive ketones (excluding diaryl/α,β-unsaturated/α-hetero) is 2. The molecule has 0 saturated carbocycles. The molecule has 3 aliphatic heterocycles. The minimum Gasteiger partial charge on any atom is -0.352 e. The van der Waals surface area contributed by atoms with Gasteiger partial charge in [-0.2, -0.15) is 0 Å². The lowest BCUT2D eigenvalue weighted by Crippen LogP contribution is -2.51. The summed E-state index contributed by atoms with van der Waals surface area (Å²) in [7, 11) is 0. The van der Waals surface area contributed by atoms with Crippen molar-refractivity contribution in [1.29, 1.82) is 0 Å². The number of carbonyl (C=O) groups excluding carboxylic acids is 3. The molecule has 5 nitrogen and oxygen atoms in total. The average Bonchev–Trinajstić information content (AvgIpc) is 3.32. The third-order valence-electron chi connectivity index (χ3n) is 7.43. The van der Waals surface area contributed by atoms with Gasteiger partial charge in [-0.1, -0.05) is 65.7 Å². The Balaban J connectivity index is 1.67. The number of amides is 1. The number of hydrogen-bond acceptors (Lipinski definition) is 4. The van der Waals surface area contributed by atoms with E-state index in [1.807, 2.05) is 53.5 Å². The molecule has 1 saturated heterocycles. The van der Waals surface area contributed by atoms with Crippen LogP contribution in [0.1, 0.15) is 28.4 Å². The summed E-state index contributed by atoms with van der Waals surface area (Å²) in [5, 5.41) is 3.84. The molecule has 0 aromatic heterocycles. The van der Waals surface area contributed by atoms with Crippen LogP contribution in [-0.4, -0.2) is 29.6 Å². The van der Waals surface area contributed by atoms with Crippen molar-refractivity contribution in [2.75, 3.05) is 10.2 Å². The Hall–Kier alpha value is -3.41. The second-order valence-electron chi connectivity index (χ2n) is 9.16. The quantitative estimate of drug-likeness (QED) is 0.476. The van der Waals surface area contributed by atoms with E-state index in [1.165, 1.54) is 6.92 Å². The van der Waals surface area contributed by atoms with E-state index in [9.17, 15) is 14.4 Å². The first-order valence-electron chi connectivity index (χ1n) is 11.3. The molecule has 1 amide bonds. The van der Waals surface area contributed by atoms with Crippen LogP contribution < -0.4 is 10.2 Å². The summed E-state index contributed by atoms with van der Waals surface area (Å²) in [6, 6.07) is 18.1. The van der Waals surface area contributed by atoms with Crippen molar-refractivity contribution in [3.05, 3.63) is 99.5 Å². The summed E-state index contributed by atoms with van der Waals surface area (Å²) >= 11 is 12.7. The summed E-state index contributed by atoms with van der Waals surface area (Å²) in [6.07, 6.45) is 3.83. The van der Waals surface area contributed by atoms with E-state index >= 15 is 0 Å². The number of rotatable bonds is 3. The Kier molecular flexibility index (Phi) is 4.92. The summed E-state index contributed by atoms with van der Waals surface area (Å²) in [5.41, 5.74) is 1.91. The van der Waals surface area contributed by atoms with Crippen molar-refractivity contribution in [1.82, 2.24) is 0 Å². The minimum absolute atomic E-state index is 0.203. The largest absolute Gasteiger partial charge is 0.352 e. The van der Waals surface area contributed by atoms with E-state index in [0.717, 1.165) is 11.3 Å². The van der Waals surface area contributed by atoms with Gasteiger partial charge < -0.3 is 10.2 Å². The molecule has 1 spiro atoms. The lowest BCUT2D eigenvalue weighted by Gasteiger charge is -2.37. The second-order valence-corrected chi connectivity index (χ2v) is 10.0. The summed E-state index contributed by atoms with van der Waals surface area (Å²) in [6.45, 7) is 1.47. The van der Waals surface area contributed by atoms with Crippen LogP contribution in [-0.2, 0) is 15.0 Å². The first kappa shape index (κ1) is 22.1. The van der Waals surface area contributed by atoms with Crippen LogP contribution in [0.15, 0.2) is 72.8 Å². The van der Waals surface area contributed by atoms with E-state index in [0.29, 0.717) is 21.8 Å². The maximum Gasteiger partial charge on any atom is 0.238 e. The zero-order valence-corrected chi connectivity index (χ0v) is 20.2. The predicted molar refractivity (Wildman–Crippen MR) is 137 cm³/mol. The number of nitrogens with zero attached hydrogens (tertiary/aromatic N) is 1. The highest BCUT2D eigenvalue weighted by Gasteiger charge is 2.69. The molecule has 0 aliphatic carbocycles. The molecule has 4 atom stereocenters. The SMILES string of the molecule is CC(=O)C1C(C(=O)c2ccccc2Cl)C2(C(=O)Nc3ccccc32)C2C=Cc3cc(Cl)ccc3N12. The standard InChI is InChI=1S/C28H20Cl2N2O3/c1-15(33)25-24(26(34)18-6-2-4-8-20(18)30)28(19-7-3-5-9-21(19)31-27(28)35)23-13-10-16-14-17(29)11-12-22(16)32(23)25/h2-14,23-25H,1H3,(H,31,35). The second kappa shape index (κ2) is 7.80. The third-order valence-corrected chi connectivity index (χ3v) is 8.00. The molecule has 0 bridgehead atoms. The van der Waals surface area contributed by atoms with Crippen LogP contribution in [0.4, 0.5) is 11.4 Å². The summed E-state index contributed by atoms with van der Waals surface area (Å²) in [5.74, 6) is -1.84. The van der Waals surface area contributed by atoms with Crippen molar-refractivity contribution in [2.45, 2.75) is 24.4 Å². The normalized spacial score (nSPS) is 25.7. The van der Waals surface area contributed by atoms with E-state index < -0.39 is 23.4 Å². The highest BCUT2D eigenvalue weighted by molar-refractivity contribution is 6.34. The Morgan fingerprint density at radius 2 is 1.74 bits per heavy atom. The molecule has 0 radical (unpaired) electrons. The molecule has 7 heteroatoms. The zero-order valence-electron chi connectivity index (χ0n) is 18.7. The van der Waals surface area contributed by atoms with Crippen molar-refractivity contribution in [3.8, 4) is 0 Å². The van der Waals surface area contributed by atoms with E-state index in [4.69, 9.17) is 23.2 Å². The van der Waals surface area contributed by atoms with Gasteiger partial charge in [-0.15, -0.1) is 0 Å². The average molecular weight is 503 g/mol. The van der Waals surface area contributed by atoms with Crippen LogP contribution in [0.2, 0.25) is 10.0 Å². The Bertz CT molecular complexity index is 1470. The molecule has 174 valence electrons. The van der Waals surface area contributed by atoms with Gasteiger partial charge in [-0.3, -0.25) is 14.4 Å². The minimum atomic E-state index is -1.32. The number of benzene rings is 3. The monoisotopic (exact) mass is 502 g/mol. The Labute approximate surface area is 212 Å². The first-order valence-corrected chi connectivity index (χ1v) is 12.1. The fourth-order valence-electron chi connectivity index (χ4n) is 6.13. The molecular weight excluding hydrogens is 483 g/mol. The third kappa shape index (κ3) is 2.92. The summed E-state index contributed by atoms with van der Waals surface area (Å²) < 4.78 is 0. The number of fused-ring (bicyclic) bond motifs is 6. The van der Waals surface area contributed by atoms with Gasteiger partial charge in [0, 0.05) is 22.0 Å². The van der Waals surface area contributed by atoms with Crippen molar-refractivity contribution >= 4 is 58.1 Å². The molecule has 3 aromatic rings. The maximum absolute atomic E-state index is 14.3. The van der Waals surface area contributed by atoms with E-state index in [2.05, 4.69) is 5.32 Å². The molecular formula is C28H20Cl2N2O3. The topological polar surface area (TPSA) is 66.5 Å². The van der Waals surface area contributed by atoms with Gasteiger partial charge in [-0.05, 0) is 54.4 Å². The van der Waals surface area contributed by atoms with Gasteiger partial charge in [0.2, 0.25) is 5.91 Å². The number of para-hydroxylation sites is 1. The molecule has 6 rings (SSSR count). The van der Waals surface area contributed by atoms with Gasteiger partial charge in [0.05, 0.1) is 23.0 Å². The van der Waals surface area contributed by atoms with Gasteiger partial charge in [0.15, 0.2) is 11.6 Å². The van der Waals surface area contributed by atoms with Crippen LogP contribution in [0, 0.1) is 5.92 Å². The maximum atomic E-state index is 14.3. The number of ketones is 2. The number of hydrogen-bond donors (Lipinski definition) is 1. The van der Waals surface area contributed by atoms with Gasteiger partial charge in [-0.25, -0.2) is 0 Å². The van der Waals surface area contributed by atoms with Gasteiger partial charge >= 0.3 is 0 Å². The Morgan fingerprint density at radius 1 is 1.00 bits per heavy atom. The van der Waals surface area contributed by atoms with Crippen LogP contribution >= 0.6 is 23.2 Å². The molecule has 4 unspecified atom stereocenters. The van der Waals surface area contributed by atoms with E-state index in [1.54, 1.807) is 30.3 Å². The lowest BCUT2D eigenvalue weighted by molar-refractivity contribution is -0.122. The highest BCUT2D eigenvalue weighted by Crippen LogP contribution is 2.58. The molecule has 3 aliphatic rings. The molecule has 3 heterocycles. The molecule has 35 heavy (non-hydrogen) atoms. The number of anilines is 2. The zero-order chi connectivity index (χ0) is 24.5. The van der Waals surface area contributed by atoms with Crippen molar-refractivity contribution in [2.24, 2.45) is 5.92 Å². The predicted octanol–water partition coefficient (Wildman–Crippen LogP) is 5.56. The van der Waals surface area contributed by atoms with Crippen LogP contribution in [0.3, 0.4) is 0 Å². The number of nitrogens with one attached hydrogen (secondary N) is 1. The highest BCUT2D eigenvalue weighted by atomic mass is 35.5. The number of halogens is 2. The molecule has 1 N–H and O–H groups in total. The molecule has 1 fully saturated rings. The molecule has 3 aromatic carbocycles. The van der Waals surface area contributed by atoms with Crippen LogP contribution in [0.25, 0.3) is 6.08 Å².